The molecule has 60 valence electrons. The third-order valence-electron chi connectivity index (χ3n) is 0.289. The van der Waals surface area contributed by atoms with E-state index >= 15 is 0 Å². The maximum atomic E-state index is 3.50. The molecule has 0 aliphatic heterocycles. The van der Waals surface area contributed by atoms with Gasteiger partial charge in [-0.1, -0.05) is 0 Å². The molecule has 0 saturated carbocycles. The van der Waals surface area contributed by atoms with Crippen molar-refractivity contribution in [2.45, 2.75) is 8.87 Å². The Balaban J connectivity index is -0.0000000171. The largest absolute Gasteiger partial charge is 2.00 e. The van der Waals surface area contributed by atoms with Crippen molar-refractivity contribution in [1.29, 1.82) is 0 Å². The molecule has 0 rings (SSSR count). The number of hydrogen-bond donors (Lipinski definition) is 0. The van der Waals surface area contributed by atoms with Crippen LogP contribution in [0.15, 0.2) is 25.3 Å². The Kier molecular flexibility index (Phi) is 119. The molecule has 0 spiro atoms. The second-order valence-corrected chi connectivity index (χ2v) is 3.32. The number of allylic oxidation sites excluding steroid dienone is 2. The van der Waals surface area contributed by atoms with Gasteiger partial charge in [0.1, 0.15) is 0 Å². The monoisotopic (exact) mass is 370 g/mol. The van der Waals surface area contributed by atoms with E-state index in [0.717, 1.165) is 0 Å². The summed E-state index contributed by atoms with van der Waals surface area (Å²) in [4.78, 5) is 0. The van der Waals surface area contributed by atoms with Crippen molar-refractivity contribution in [1.82, 2.24) is 0 Å². The quantitative estimate of drug-likeness (QED) is 0.518. The molecule has 0 aromatic carbocycles. The van der Waals surface area contributed by atoms with Crippen molar-refractivity contribution in [2.24, 2.45) is 0 Å². The summed E-state index contributed by atoms with van der Waals surface area (Å²) >= 11 is 3.10. The predicted molar refractivity (Wildman–Crippen MR) is 43.6 cm³/mol. The molecule has 0 unspecified atom stereocenters. The summed E-state index contributed by atoms with van der Waals surface area (Å²) in [6.07, 6.45) is 3.83. The minimum absolute atomic E-state index is 0. The molecule has 0 heterocycles. The van der Waals surface area contributed by atoms with Crippen molar-refractivity contribution < 1.29 is 16.4 Å². The molecule has 0 fully saturated rings. The Morgan fingerprint density at radius 3 is 0.909 bits per heavy atom. The Morgan fingerprint density at radius 1 is 0.818 bits per heavy atom. The van der Waals surface area contributed by atoms with Crippen molar-refractivity contribution in [3.05, 3.63) is 25.3 Å². The van der Waals surface area contributed by atoms with Crippen LogP contribution in [-0.2, 0) is 16.4 Å². The van der Waals surface area contributed by atoms with E-state index in [9.17, 15) is 0 Å². The Hall–Kier alpha value is 0.957. The summed E-state index contributed by atoms with van der Waals surface area (Å²) in [7, 11) is 0. The predicted octanol–water partition coefficient (Wildman–Crippen LogP) is 1.16. The van der Waals surface area contributed by atoms with E-state index in [2.05, 4.69) is 13.2 Å². The summed E-state index contributed by atoms with van der Waals surface area (Å²) in [5.41, 5.74) is 0. The van der Waals surface area contributed by atoms with Gasteiger partial charge >= 0.3 is 79.2 Å². The maximum Gasteiger partial charge on any atom is -2.00 e. The zero-order chi connectivity index (χ0) is 6.83. The third kappa shape index (κ3) is 101. The summed E-state index contributed by atoms with van der Waals surface area (Å²) in [5, 5.41) is 0. The van der Waals surface area contributed by atoms with Gasteiger partial charge in [-0.25, -0.2) is 0 Å². The van der Waals surface area contributed by atoms with E-state index in [-0.39, 0.29) is 16.4 Å². The van der Waals surface area contributed by atoms with Gasteiger partial charge in [-0.3, -0.25) is 0 Å². The van der Waals surface area contributed by atoms with Crippen molar-refractivity contribution in [2.75, 3.05) is 0 Å². The van der Waals surface area contributed by atoms with Crippen LogP contribution in [0.1, 0.15) is 0 Å². The van der Waals surface area contributed by atoms with Gasteiger partial charge in [-0.2, -0.15) is 0 Å². The second-order valence-electron chi connectivity index (χ2n) is 0.986. The van der Waals surface area contributed by atoms with Gasteiger partial charge < -0.3 is 16.4 Å². The van der Waals surface area contributed by atoms with Crippen molar-refractivity contribution >= 4 is 45.0 Å². The molecule has 11 heavy (non-hydrogen) atoms. The maximum absolute atomic E-state index is 3.50. The van der Waals surface area contributed by atoms with Crippen LogP contribution in [0.5, 0.6) is 0 Å². The fourth-order valence-corrected chi connectivity index (χ4v) is 0. The minimum atomic E-state index is 0. The fraction of sp³-hybridized carbons (Fsp3) is 0.333. The molecule has 0 radical (unpaired) electrons. The topological polar surface area (TPSA) is 85.5 Å². The molecule has 0 atom stereocenters. The first kappa shape index (κ1) is 29.7. The summed E-state index contributed by atoms with van der Waals surface area (Å²) in [6.45, 7) is 7.00. The van der Waals surface area contributed by atoms with E-state index < -0.39 is 0 Å². The van der Waals surface area contributed by atoms with Crippen LogP contribution in [0.4, 0.5) is 0 Å². The third-order valence-corrected chi connectivity index (χ3v) is 1.94. The molecular formula is C6H10O3Sn2. The van der Waals surface area contributed by atoms with Gasteiger partial charge in [0.25, 0.3) is 0 Å². The summed E-state index contributed by atoms with van der Waals surface area (Å²) in [6, 6.07) is 0. The van der Waals surface area contributed by atoms with Gasteiger partial charge in [0.15, 0.2) is 0 Å². The molecule has 3 nitrogen and oxygen atoms in total. The Labute approximate surface area is 95.1 Å². The molecule has 0 amide bonds. The molecule has 0 aliphatic carbocycles. The number of hydrogen-bond acceptors (Lipinski definition) is 0. The minimum Gasteiger partial charge on any atom is -2.00 e. The van der Waals surface area contributed by atoms with Gasteiger partial charge in [0.05, 0.1) is 0 Å². The van der Waals surface area contributed by atoms with Crippen LogP contribution in [0.2, 0.25) is 8.87 Å². The first-order chi connectivity index (χ1) is 3.83. The van der Waals surface area contributed by atoms with Crippen LogP contribution in [0.25, 0.3) is 0 Å². The van der Waals surface area contributed by atoms with E-state index in [4.69, 9.17) is 0 Å². The van der Waals surface area contributed by atoms with E-state index in [0.29, 0.717) is 0 Å². The zero-order valence-electron chi connectivity index (χ0n) is 6.21. The number of rotatable bonds is 2. The summed E-state index contributed by atoms with van der Waals surface area (Å²) in [5.74, 6) is 0. The Morgan fingerprint density at radius 2 is 0.909 bits per heavy atom. The van der Waals surface area contributed by atoms with Gasteiger partial charge in [0.2, 0.25) is 0 Å². The van der Waals surface area contributed by atoms with E-state index in [1.165, 1.54) is 8.87 Å². The molecule has 5 heteroatoms. The second kappa shape index (κ2) is 44.2. The SMILES string of the molecule is C=C[CH2][Sn+3].C=C[CH2][Sn+3].[O-2].[O-2].[O-2]. The summed E-state index contributed by atoms with van der Waals surface area (Å²) < 4.78 is 2.35. The van der Waals surface area contributed by atoms with Crippen molar-refractivity contribution in [3.8, 4) is 0 Å². The molecule has 0 N–H and O–H groups in total. The van der Waals surface area contributed by atoms with E-state index in [1.807, 2.05) is 12.2 Å². The molecule has 0 bridgehead atoms. The van der Waals surface area contributed by atoms with Crippen LogP contribution in [0, 0.1) is 0 Å². The molecule has 0 aromatic rings. The van der Waals surface area contributed by atoms with Crippen LogP contribution in [0.3, 0.4) is 0 Å². The molecular weight excluding hydrogens is 357 g/mol. The smallest absolute Gasteiger partial charge is 2.00 e. The fourth-order valence-electron chi connectivity index (χ4n) is 0. The van der Waals surface area contributed by atoms with Crippen molar-refractivity contribution in [3.63, 3.8) is 0 Å². The molecule has 0 saturated heterocycles. The standard InChI is InChI=1S/2C3H5.3O.2Sn/c2*1-3-2;;;;;/h2*3H,1-2H2;;;;;/q;;3*-2;2*+3. The Bertz CT molecular complexity index is 51.8. The first-order valence-corrected chi connectivity index (χ1v) is 6.38. The van der Waals surface area contributed by atoms with Gasteiger partial charge in [-0.05, 0) is 0 Å². The zero-order valence-corrected chi connectivity index (χ0v) is 11.9. The van der Waals surface area contributed by atoms with Gasteiger partial charge in [-0.15, -0.1) is 0 Å². The average molecular weight is 368 g/mol. The van der Waals surface area contributed by atoms with Crippen LogP contribution < -0.4 is 0 Å². The van der Waals surface area contributed by atoms with Crippen LogP contribution >= 0.6 is 0 Å². The average Bonchev–Trinajstić information content (AvgIpc) is 1.88. The normalized spacial score (nSPS) is 4.73. The van der Waals surface area contributed by atoms with Crippen LogP contribution in [-0.4, -0.2) is 45.0 Å². The molecule has 0 aromatic heterocycles. The van der Waals surface area contributed by atoms with E-state index in [1.54, 1.807) is 45.0 Å². The van der Waals surface area contributed by atoms with Gasteiger partial charge in [0, 0.05) is 0 Å². The molecule has 0 aliphatic rings. The first-order valence-electron chi connectivity index (χ1n) is 2.34.